The number of pyridine rings is 1. The third-order valence-electron chi connectivity index (χ3n) is 3.38. The highest BCUT2D eigenvalue weighted by Gasteiger charge is 2.18. The highest BCUT2D eigenvalue weighted by molar-refractivity contribution is 5.84. The van der Waals surface area contributed by atoms with Crippen molar-refractivity contribution in [2.24, 2.45) is 0 Å². The maximum atomic E-state index is 12.3. The molecule has 0 aliphatic rings. The fourth-order valence-corrected chi connectivity index (χ4v) is 2.06. The number of hydrogen-bond acceptors (Lipinski definition) is 5. The first kappa shape index (κ1) is 17.3. The van der Waals surface area contributed by atoms with Gasteiger partial charge in [-0.1, -0.05) is 30.3 Å². The number of aromatic nitrogens is 1. The molecule has 2 rings (SSSR count). The molecule has 1 atom stereocenters. The molecule has 0 saturated carbocycles. The quantitative estimate of drug-likeness (QED) is 0.850. The van der Waals surface area contributed by atoms with E-state index in [1.807, 2.05) is 30.3 Å². The van der Waals surface area contributed by atoms with Gasteiger partial charge in [0.15, 0.2) is 0 Å². The third kappa shape index (κ3) is 4.22. The fourth-order valence-electron chi connectivity index (χ4n) is 2.06. The average molecular weight is 330 g/mol. The predicted octanol–water partition coefficient (Wildman–Crippen LogP) is 2.33. The van der Waals surface area contributed by atoms with Crippen molar-refractivity contribution in [1.29, 1.82) is 0 Å². The number of nitrogens with zero attached hydrogens (tertiary/aromatic N) is 1. The Bertz CT molecular complexity index is 770. The van der Waals surface area contributed by atoms with Gasteiger partial charge in [0.05, 0.1) is 7.11 Å². The highest BCUT2D eigenvalue weighted by Crippen LogP contribution is 2.08. The topological polar surface area (TPSA) is 86.6 Å². The van der Waals surface area contributed by atoms with Crippen molar-refractivity contribution < 1.29 is 19.1 Å². The molecular formula is C17H18N2O5. The van der Waals surface area contributed by atoms with E-state index >= 15 is 0 Å². The molecule has 7 nitrogen and oxygen atoms in total. The standard InChI is InChI=1S/C17H18N2O5/c1-12(16(21)23-2)19-10-6-9-14(15(19)20)18-17(22)24-11-13-7-4-3-5-8-13/h3-10,12H,11H2,1-2H3,(H,18,22). The summed E-state index contributed by atoms with van der Waals surface area (Å²) in [7, 11) is 1.24. The second kappa shape index (κ2) is 7.96. The lowest BCUT2D eigenvalue weighted by molar-refractivity contribution is -0.144. The van der Waals surface area contributed by atoms with Crippen molar-refractivity contribution in [2.75, 3.05) is 12.4 Å². The molecule has 1 aromatic heterocycles. The summed E-state index contributed by atoms with van der Waals surface area (Å²) >= 11 is 0. The Labute approximate surface area is 138 Å². The predicted molar refractivity (Wildman–Crippen MR) is 87.7 cm³/mol. The van der Waals surface area contributed by atoms with E-state index in [9.17, 15) is 14.4 Å². The second-order valence-corrected chi connectivity index (χ2v) is 5.02. The Balaban J connectivity index is 2.06. The molecule has 0 aliphatic heterocycles. The number of anilines is 1. The molecule has 24 heavy (non-hydrogen) atoms. The second-order valence-electron chi connectivity index (χ2n) is 5.02. The highest BCUT2D eigenvalue weighted by atomic mass is 16.5. The molecule has 7 heteroatoms. The van der Waals surface area contributed by atoms with Gasteiger partial charge in [-0.25, -0.2) is 9.59 Å². The zero-order valence-electron chi connectivity index (χ0n) is 13.4. The van der Waals surface area contributed by atoms with Crippen LogP contribution in [-0.4, -0.2) is 23.7 Å². The SMILES string of the molecule is COC(=O)C(C)n1cccc(NC(=O)OCc2ccccc2)c1=O. The number of carbonyl (C=O) groups excluding carboxylic acids is 2. The van der Waals surface area contributed by atoms with Crippen LogP contribution in [0.15, 0.2) is 53.5 Å². The van der Waals surface area contributed by atoms with E-state index in [0.29, 0.717) is 0 Å². The average Bonchev–Trinajstić information content (AvgIpc) is 2.61. The lowest BCUT2D eigenvalue weighted by Crippen LogP contribution is -2.31. The normalized spacial score (nSPS) is 11.4. The smallest absolute Gasteiger partial charge is 0.412 e. The largest absolute Gasteiger partial charge is 0.467 e. The van der Waals surface area contributed by atoms with E-state index in [1.54, 1.807) is 6.07 Å². The molecule has 126 valence electrons. The lowest BCUT2D eigenvalue weighted by atomic mass is 10.2. The number of rotatable bonds is 5. The summed E-state index contributed by atoms with van der Waals surface area (Å²) in [4.78, 5) is 35.7. The summed E-state index contributed by atoms with van der Waals surface area (Å²) in [6.45, 7) is 1.62. The van der Waals surface area contributed by atoms with Crippen molar-refractivity contribution in [3.05, 3.63) is 64.6 Å². The van der Waals surface area contributed by atoms with E-state index in [-0.39, 0.29) is 12.3 Å². The summed E-state index contributed by atoms with van der Waals surface area (Å²) < 4.78 is 10.9. The van der Waals surface area contributed by atoms with Crippen LogP contribution in [0.2, 0.25) is 0 Å². The Morgan fingerprint density at radius 3 is 2.54 bits per heavy atom. The Morgan fingerprint density at radius 2 is 1.88 bits per heavy atom. The molecule has 0 bridgehead atoms. The minimum absolute atomic E-state index is 0.0197. The third-order valence-corrected chi connectivity index (χ3v) is 3.38. The van der Waals surface area contributed by atoms with Crippen molar-refractivity contribution in [3.8, 4) is 0 Å². The molecule has 1 N–H and O–H groups in total. The molecule has 1 unspecified atom stereocenters. The number of methoxy groups -OCH3 is 1. The summed E-state index contributed by atoms with van der Waals surface area (Å²) in [5.74, 6) is -0.555. The Kier molecular flexibility index (Phi) is 5.73. The lowest BCUT2D eigenvalue weighted by Gasteiger charge is -2.14. The van der Waals surface area contributed by atoms with Gasteiger partial charge in [-0.05, 0) is 24.6 Å². The monoisotopic (exact) mass is 330 g/mol. The van der Waals surface area contributed by atoms with Gasteiger partial charge in [-0.15, -0.1) is 0 Å². The molecule has 0 spiro atoms. The van der Waals surface area contributed by atoms with Crippen LogP contribution in [0.1, 0.15) is 18.5 Å². The summed E-state index contributed by atoms with van der Waals surface area (Å²) in [5.41, 5.74) is 0.329. The molecule has 2 aromatic rings. The van der Waals surface area contributed by atoms with Crippen molar-refractivity contribution >= 4 is 17.7 Å². The zero-order chi connectivity index (χ0) is 17.5. The van der Waals surface area contributed by atoms with Crippen LogP contribution in [0.3, 0.4) is 0 Å². The van der Waals surface area contributed by atoms with Crippen LogP contribution in [-0.2, 0) is 20.9 Å². The van der Waals surface area contributed by atoms with Gasteiger partial charge >= 0.3 is 12.1 Å². The van der Waals surface area contributed by atoms with Crippen LogP contribution in [0.25, 0.3) is 0 Å². The van der Waals surface area contributed by atoms with Crippen molar-refractivity contribution in [1.82, 2.24) is 4.57 Å². The molecule has 1 aromatic carbocycles. The van der Waals surface area contributed by atoms with Gasteiger partial charge in [0, 0.05) is 6.20 Å². The van der Waals surface area contributed by atoms with Crippen LogP contribution in [0.4, 0.5) is 10.5 Å². The minimum atomic E-state index is -0.801. The number of esters is 1. The number of ether oxygens (including phenoxy) is 2. The Morgan fingerprint density at radius 1 is 1.17 bits per heavy atom. The van der Waals surface area contributed by atoms with E-state index in [4.69, 9.17) is 4.74 Å². The Hall–Kier alpha value is -3.09. The van der Waals surface area contributed by atoms with E-state index in [1.165, 1.54) is 30.9 Å². The molecule has 0 saturated heterocycles. The number of nitrogens with one attached hydrogen (secondary N) is 1. The molecule has 0 fully saturated rings. The van der Waals surface area contributed by atoms with Crippen LogP contribution >= 0.6 is 0 Å². The fraction of sp³-hybridized carbons (Fsp3) is 0.235. The first-order chi connectivity index (χ1) is 11.5. The minimum Gasteiger partial charge on any atom is -0.467 e. The first-order valence-corrected chi connectivity index (χ1v) is 7.29. The van der Waals surface area contributed by atoms with E-state index < -0.39 is 23.7 Å². The van der Waals surface area contributed by atoms with Crippen molar-refractivity contribution in [2.45, 2.75) is 19.6 Å². The maximum Gasteiger partial charge on any atom is 0.412 e. The number of carbonyl (C=O) groups is 2. The zero-order valence-corrected chi connectivity index (χ0v) is 13.4. The molecule has 1 amide bonds. The molecule has 0 radical (unpaired) electrons. The van der Waals surface area contributed by atoms with Gasteiger partial charge < -0.3 is 9.47 Å². The van der Waals surface area contributed by atoms with E-state index in [2.05, 4.69) is 10.1 Å². The van der Waals surface area contributed by atoms with Crippen LogP contribution in [0, 0.1) is 0 Å². The summed E-state index contributed by atoms with van der Waals surface area (Å²) in [5, 5.41) is 2.39. The number of hydrogen-bond donors (Lipinski definition) is 1. The van der Waals surface area contributed by atoms with Gasteiger partial charge in [0.25, 0.3) is 5.56 Å². The van der Waals surface area contributed by atoms with E-state index in [0.717, 1.165) is 5.56 Å². The first-order valence-electron chi connectivity index (χ1n) is 7.29. The summed E-state index contributed by atoms with van der Waals surface area (Å²) in [6, 6.07) is 11.4. The number of benzene rings is 1. The molecule has 1 heterocycles. The van der Waals surface area contributed by atoms with Crippen molar-refractivity contribution in [3.63, 3.8) is 0 Å². The van der Waals surface area contributed by atoms with Gasteiger partial charge in [0.1, 0.15) is 18.3 Å². The maximum absolute atomic E-state index is 12.3. The number of amides is 1. The molecular weight excluding hydrogens is 312 g/mol. The molecule has 0 aliphatic carbocycles. The van der Waals surface area contributed by atoms with Gasteiger partial charge in [-0.2, -0.15) is 0 Å². The van der Waals surface area contributed by atoms with Crippen LogP contribution < -0.4 is 10.9 Å². The van der Waals surface area contributed by atoms with Crippen LogP contribution in [0.5, 0.6) is 0 Å². The van der Waals surface area contributed by atoms with Gasteiger partial charge in [-0.3, -0.25) is 14.7 Å². The summed E-state index contributed by atoms with van der Waals surface area (Å²) in [6.07, 6.45) is 0.698. The van der Waals surface area contributed by atoms with Gasteiger partial charge in [0.2, 0.25) is 0 Å².